The van der Waals surface area contributed by atoms with E-state index in [4.69, 9.17) is 9.47 Å². The van der Waals surface area contributed by atoms with Crippen molar-refractivity contribution in [3.8, 4) is 5.75 Å². The van der Waals surface area contributed by atoms with Crippen molar-refractivity contribution >= 4 is 10.9 Å². The highest BCUT2D eigenvalue weighted by atomic mass is 16.5. The predicted molar refractivity (Wildman–Crippen MR) is 103 cm³/mol. The van der Waals surface area contributed by atoms with Crippen LogP contribution in [0.2, 0.25) is 0 Å². The highest BCUT2D eigenvalue weighted by Crippen LogP contribution is 2.23. The van der Waals surface area contributed by atoms with E-state index in [2.05, 4.69) is 31.8 Å². The molecular weight excluding hydrogens is 328 g/mol. The molecule has 0 aliphatic carbocycles. The van der Waals surface area contributed by atoms with E-state index in [1.54, 1.807) is 17.0 Å². The Morgan fingerprint density at radius 1 is 1.04 bits per heavy atom. The summed E-state index contributed by atoms with van der Waals surface area (Å²) in [6.07, 6.45) is 1.57. The number of rotatable bonds is 7. The molecule has 0 aliphatic heterocycles. The molecule has 5 heteroatoms. The van der Waals surface area contributed by atoms with Gasteiger partial charge in [0.05, 0.1) is 37.0 Å². The molecule has 5 nitrogen and oxygen atoms in total. The van der Waals surface area contributed by atoms with E-state index < -0.39 is 0 Å². The summed E-state index contributed by atoms with van der Waals surface area (Å²) in [5.74, 6) is 0.904. The van der Waals surface area contributed by atoms with Crippen LogP contribution < -0.4 is 10.3 Å². The summed E-state index contributed by atoms with van der Waals surface area (Å²) in [5.41, 5.74) is 4.24. The summed E-state index contributed by atoms with van der Waals surface area (Å²) < 4.78 is 13.0. The lowest BCUT2D eigenvalue weighted by Crippen LogP contribution is -2.23. The molecule has 0 unspecified atom stereocenters. The van der Waals surface area contributed by atoms with Gasteiger partial charge in [-0.15, -0.1) is 0 Å². The van der Waals surface area contributed by atoms with Gasteiger partial charge < -0.3 is 9.47 Å². The average molecular weight is 352 g/mol. The minimum atomic E-state index is -0.0405. The fraction of sp³-hybridized carbons (Fsp3) is 0.333. The lowest BCUT2D eigenvalue weighted by atomic mass is 10.1. The standard InChI is InChI=1S/C21H24N2O3/c1-15-12-16(2)17(3)20(13-15)26-11-10-25-9-8-23-14-22-19-7-5-4-6-18(19)21(23)24/h4-7,12-14H,8-11H2,1-3H3. The zero-order valence-electron chi connectivity index (χ0n) is 15.5. The molecular formula is C21H24N2O3. The van der Waals surface area contributed by atoms with Crippen molar-refractivity contribution in [2.75, 3.05) is 19.8 Å². The van der Waals surface area contributed by atoms with Gasteiger partial charge in [-0.05, 0) is 55.7 Å². The number of aromatic nitrogens is 2. The Bertz CT molecular complexity index is 963. The van der Waals surface area contributed by atoms with Gasteiger partial charge in [-0.25, -0.2) is 4.98 Å². The van der Waals surface area contributed by atoms with Crippen molar-refractivity contribution in [3.05, 3.63) is 69.8 Å². The third kappa shape index (κ3) is 4.11. The van der Waals surface area contributed by atoms with Gasteiger partial charge in [0.25, 0.3) is 5.56 Å². The molecule has 0 atom stereocenters. The largest absolute Gasteiger partial charge is 0.491 e. The monoisotopic (exact) mass is 352 g/mol. The van der Waals surface area contributed by atoms with Gasteiger partial charge in [0.2, 0.25) is 0 Å². The van der Waals surface area contributed by atoms with Gasteiger partial charge in [0, 0.05) is 0 Å². The minimum absolute atomic E-state index is 0.0405. The summed E-state index contributed by atoms with van der Waals surface area (Å²) in [6.45, 7) is 8.07. The maximum absolute atomic E-state index is 12.4. The molecule has 0 N–H and O–H groups in total. The van der Waals surface area contributed by atoms with E-state index in [9.17, 15) is 4.79 Å². The van der Waals surface area contributed by atoms with Gasteiger partial charge in [-0.2, -0.15) is 0 Å². The maximum atomic E-state index is 12.4. The number of aryl methyl sites for hydroxylation is 2. The van der Waals surface area contributed by atoms with Gasteiger partial charge in [0.1, 0.15) is 12.4 Å². The zero-order chi connectivity index (χ0) is 18.5. The van der Waals surface area contributed by atoms with Crippen molar-refractivity contribution in [2.24, 2.45) is 0 Å². The third-order valence-corrected chi connectivity index (χ3v) is 4.46. The Hall–Kier alpha value is -2.66. The second-order valence-electron chi connectivity index (χ2n) is 6.43. The van der Waals surface area contributed by atoms with Crippen LogP contribution >= 0.6 is 0 Å². The van der Waals surface area contributed by atoms with E-state index in [1.807, 2.05) is 24.3 Å². The molecule has 0 saturated carbocycles. The fourth-order valence-corrected chi connectivity index (χ4v) is 2.89. The van der Waals surface area contributed by atoms with E-state index in [0.717, 1.165) is 11.3 Å². The number of hydrogen-bond acceptors (Lipinski definition) is 4. The lowest BCUT2D eigenvalue weighted by Gasteiger charge is -2.13. The molecule has 0 aliphatic rings. The summed E-state index contributed by atoms with van der Waals surface area (Å²) in [7, 11) is 0. The summed E-state index contributed by atoms with van der Waals surface area (Å²) in [5, 5.41) is 0.628. The van der Waals surface area contributed by atoms with Crippen molar-refractivity contribution in [2.45, 2.75) is 27.3 Å². The SMILES string of the molecule is Cc1cc(C)c(C)c(OCCOCCn2cnc3ccccc3c2=O)c1. The second kappa shape index (κ2) is 8.15. The predicted octanol–water partition coefficient (Wildman–Crippen LogP) is 3.42. The van der Waals surface area contributed by atoms with E-state index >= 15 is 0 Å². The van der Waals surface area contributed by atoms with Crippen LogP contribution in [0.3, 0.4) is 0 Å². The zero-order valence-corrected chi connectivity index (χ0v) is 15.5. The first-order chi connectivity index (χ1) is 12.6. The van der Waals surface area contributed by atoms with Gasteiger partial charge in [-0.3, -0.25) is 9.36 Å². The molecule has 1 heterocycles. The lowest BCUT2D eigenvalue weighted by molar-refractivity contribution is 0.0935. The summed E-state index contributed by atoms with van der Waals surface area (Å²) in [6, 6.07) is 11.5. The molecule has 0 spiro atoms. The number of para-hydroxylation sites is 1. The van der Waals surface area contributed by atoms with Crippen LogP contribution in [-0.2, 0) is 11.3 Å². The van der Waals surface area contributed by atoms with E-state index in [1.165, 1.54) is 11.1 Å². The van der Waals surface area contributed by atoms with Crippen LogP contribution in [0.5, 0.6) is 5.75 Å². The Labute approximate surface area is 153 Å². The Morgan fingerprint density at radius 2 is 1.85 bits per heavy atom. The van der Waals surface area contributed by atoms with Crippen molar-refractivity contribution < 1.29 is 9.47 Å². The summed E-state index contributed by atoms with van der Waals surface area (Å²) in [4.78, 5) is 16.7. The van der Waals surface area contributed by atoms with Gasteiger partial charge in [0.15, 0.2) is 0 Å². The number of ether oxygens (including phenoxy) is 2. The van der Waals surface area contributed by atoms with Gasteiger partial charge >= 0.3 is 0 Å². The number of nitrogens with zero attached hydrogens (tertiary/aromatic N) is 2. The van der Waals surface area contributed by atoms with Crippen LogP contribution in [0.15, 0.2) is 47.5 Å². The quantitative estimate of drug-likeness (QED) is 0.612. The molecule has 3 aromatic rings. The molecule has 136 valence electrons. The normalized spacial score (nSPS) is 11.0. The van der Waals surface area contributed by atoms with E-state index in [-0.39, 0.29) is 5.56 Å². The molecule has 3 rings (SSSR count). The molecule has 0 amide bonds. The highest BCUT2D eigenvalue weighted by molar-refractivity contribution is 5.76. The minimum Gasteiger partial charge on any atom is -0.491 e. The first kappa shape index (κ1) is 18.1. The molecule has 26 heavy (non-hydrogen) atoms. The molecule has 0 fully saturated rings. The first-order valence-corrected chi connectivity index (χ1v) is 8.79. The highest BCUT2D eigenvalue weighted by Gasteiger charge is 2.05. The average Bonchev–Trinajstić information content (AvgIpc) is 2.63. The summed E-state index contributed by atoms with van der Waals surface area (Å²) >= 11 is 0. The number of hydrogen-bond donors (Lipinski definition) is 0. The molecule has 2 aromatic carbocycles. The fourth-order valence-electron chi connectivity index (χ4n) is 2.89. The van der Waals surface area contributed by atoms with Crippen LogP contribution in [0.25, 0.3) is 10.9 Å². The Kier molecular flexibility index (Phi) is 5.68. The molecule has 0 saturated heterocycles. The Morgan fingerprint density at radius 3 is 2.69 bits per heavy atom. The van der Waals surface area contributed by atoms with Crippen molar-refractivity contribution in [1.29, 1.82) is 0 Å². The van der Waals surface area contributed by atoms with Crippen LogP contribution in [0.1, 0.15) is 16.7 Å². The topological polar surface area (TPSA) is 53.4 Å². The maximum Gasteiger partial charge on any atom is 0.261 e. The van der Waals surface area contributed by atoms with Crippen LogP contribution in [0, 0.1) is 20.8 Å². The van der Waals surface area contributed by atoms with Crippen molar-refractivity contribution in [1.82, 2.24) is 9.55 Å². The second-order valence-corrected chi connectivity index (χ2v) is 6.43. The van der Waals surface area contributed by atoms with Crippen LogP contribution in [0.4, 0.5) is 0 Å². The van der Waals surface area contributed by atoms with Crippen LogP contribution in [-0.4, -0.2) is 29.4 Å². The third-order valence-electron chi connectivity index (χ3n) is 4.46. The smallest absolute Gasteiger partial charge is 0.261 e. The molecule has 0 bridgehead atoms. The number of fused-ring (bicyclic) bond motifs is 1. The van der Waals surface area contributed by atoms with Gasteiger partial charge in [-0.1, -0.05) is 18.2 Å². The Balaban J connectivity index is 1.48. The van der Waals surface area contributed by atoms with E-state index in [0.29, 0.717) is 37.3 Å². The molecule has 1 aromatic heterocycles. The number of benzene rings is 2. The molecule has 0 radical (unpaired) electrons. The first-order valence-electron chi connectivity index (χ1n) is 8.79. The van der Waals surface area contributed by atoms with Crippen molar-refractivity contribution in [3.63, 3.8) is 0 Å².